The molecule has 10 heteroatoms. The maximum atomic E-state index is 10.7. The molecule has 0 atom stereocenters. The first-order valence-corrected chi connectivity index (χ1v) is 6.88. The third-order valence-electron chi connectivity index (χ3n) is 3.04. The Morgan fingerprint density at radius 2 is 2.17 bits per heavy atom. The third kappa shape index (κ3) is 3.54. The van der Waals surface area contributed by atoms with Crippen LogP contribution in [0.4, 0.5) is 17.3 Å². The minimum Gasteiger partial charge on any atom is -0.475 e. The molecule has 3 N–H and O–H groups in total. The predicted molar refractivity (Wildman–Crippen MR) is 83.4 cm³/mol. The molecule has 3 rings (SSSR count). The van der Waals surface area contributed by atoms with Crippen LogP contribution < -0.4 is 5.32 Å². The number of rotatable bonds is 5. The summed E-state index contributed by atoms with van der Waals surface area (Å²) in [6.45, 7) is 2.80. The fraction of sp³-hybridized carbons (Fsp3) is 0.143. The predicted octanol–water partition coefficient (Wildman–Crippen LogP) is 2.90. The Balaban J connectivity index is 0.00000208. The number of nitrogens with one attached hydrogen (secondary N) is 2. The molecule has 0 aliphatic heterocycles. The molecule has 126 valence electrons. The van der Waals surface area contributed by atoms with Gasteiger partial charge in [-0.1, -0.05) is 0 Å². The zero-order chi connectivity index (χ0) is 16.2. The molecule has 0 radical (unpaired) electrons. The molecular formula is C14H13N7NiO2. The summed E-state index contributed by atoms with van der Waals surface area (Å²) in [5, 5.41) is 26.8. The second kappa shape index (κ2) is 7.60. The Morgan fingerprint density at radius 3 is 2.88 bits per heavy atom. The normalized spacial score (nSPS) is 10.7. The Kier molecular flexibility index (Phi) is 5.54. The zero-order valence-electron chi connectivity index (χ0n) is 12.5. The van der Waals surface area contributed by atoms with E-state index in [9.17, 15) is 4.79 Å². The van der Waals surface area contributed by atoms with Gasteiger partial charge in [-0.2, -0.15) is 4.98 Å². The average molecular weight is 370 g/mol. The average Bonchev–Trinajstić information content (AvgIpc) is 3.04. The number of aromatic amines is 1. The summed E-state index contributed by atoms with van der Waals surface area (Å²) in [5.74, 6) is -1.55. The summed E-state index contributed by atoms with van der Waals surface area (Å²) < 4.78 is 0. The molecule has 0 unspecified atom stereocenters. The molecule has 3 aromatic rings. The number of anilines is 1. The number of aromatic carboxylic acids is 1. The van der Waals surface area contributed by atoms with E-state index < -0.39 is 5.97 Å². The van der Waals surface area contributed by atoms with Crippen LogP contribution in [0.5, 0.6) is 0 Å². The van der Waals surface area contributed by atoms with Gasteiger partial charge in [-0.05, 0) is 31.2 Å². The molecule has 2 heterocycles. The molecule has 0 aliphatic rings. The van der Waals surface area contributed by atoms with Crippen LogP contribution in [0.3, 0.4) is 0 Å². The topological polar surface area (TPSA) is 129 Å². The molecule has 0 amide bonds. The van der Waals surface area contributed by atoms with Gasteiger partial charge in [0.15, 0.2) is 0 Å². The summed E-state index contributed by atoms with van der Waals surface area (Å²) in [6.07, 6.45) is 1.67. The Hall–Kier alpha value is -2.87. The Morgan fingerprint density at radius 1 is 1.33 bits per heavy atom. The first-order valence-electron chi connectivity index (χ1n) is 6.88. The number of carboxylic acid groups (broad SMARTS) is 1. The Bertz CT molecular complexity index is 894. The van der Waals surface area contributed by atoms with E-state index in [1.165, 1.54) is 0 Å². The van der Waals surface area contributed by atoms with Gasteiger partial charge in [0.1, 0.15) is 5.69 Å². The van der Waals surface area contributed by atoms with E-state index in [2.05, 4.69) is 35.7 Å². The van der Waals surface area contributed by atoms with E-state index in [0.29, 0.717) is 11.2 Å². The molecule has 0 fully saturated rings. The summed E-state index contributed by atoms with van der Waals surface area (Å²) in [5.41, 5.74) is 2.19. The van der Waals surface area contributed by atoms with Crippen molar-refractivity contribution in [1.82, 2.24) is 20.2 Å². The molecular weight excluding hydrogens is 357 g/mol. The number of hydrogen-bond acceptors (Lipinski definition) is 7. The van der Waals surface area contributed by atoms with Gasteiger partial charge in [-0.3, -0.25) is 10.1 Å². The number of aromatic nitrogens is 4. The maximum absolute atomic E-state index is 10.7. The van der Waals surface area contributed by atoms with Crippen molar-refractivity contribution in [2.45, 2.75) is 6.92 Å². The van der Waals surface area contributed by atoms with Crippen molar-refractivity contribution < 1.29 is 26.4 Å². The van der Waals surface area contributed by atoms with Crippen LogP contribution in [-0.2, 0) is 16.5 Å². The second-order valence-electron chi connectivity index (χ2n) is 4.55. The summed E-state index contributed by atoms with van der Waals surface area (Å²) in [4.78, 5) is 18.8. The second-order valence-corrected chi connectivity index (χ2v) is 4.55. The number of azo groups is 1. The van der Waals surface area contributed by atoms with Gasteiger partial charge in [-0.25, -0.2) is 4.79 Å². The van der Waals surface area contributed by atoms with Crippen LogP contribution >= 0.6 is 0 Å². The molecule has 0 spiro atoms. The monoisotopic (exact) mass is 369 g/mol. The number of hydrogen-bond donors (Lipinski definition) is 3. The molecule has 2 aromatic heterocycles. The number of carboxylic acids is 1. The fourth-order valence-electron chi connectivity index (χ4n) is 2.07. The number of H-pyrrole nitrogens is 1. The first kappa shape index (κ1) is 17.5. The molecule has 0 bridgehead atoms. The first-order chi connectivity index (χ1) is 11.2. The molecule has 0 saturated carbocycles. The molecule has 0 aliphatic carbocycles. The number of benzene rings is 1. The van der Waals surface area contributed by atoms with Crippen molar-refractivity contribution in [1.29, 1.82) is 0 Å². The molecule has 1 aromatic carbocycles. The smallest absolute Gasteiger partial charge is 0.373 e. The number of nitrogens with zero attached hydrogens (tertiary/aromatic N) is 5. The van der Waals surface area contributed by atoms with Crippen LogP contribution in [0.15, 0.2) is 40.7 Å². The van der Waals surface area contributed by atoms with Gasteiger partial charge >= 0.3 is 5.97 Å². The van der Waals surface area contributed by atoms with Crippen LogP contribution in [0.1, 0.15) is 17.5 Å². The van der Waals surface area contributed by atoms with Gasteiger partial charge in [0.05, 0.1) is 5.52 Å². The van der Waals surface area contributed by atoms with E-state index >= 15 is 0 Å². The summed E-state index contributed by atoms with van der Waals surface area (Å²) in [7, 11) is 0. The SMILES string of the molecule is CCNc1ccc(N=Nc2n[nH]c(C(=O)O)n2)c2ncccc12.[Ni]. The van der Waals surface area contributed by atoms with Crippen molar-refractivity contribution in [3.05, 3.63) is 36.3 Å². The van der Waals surface area contributed by atoms with Gasteiger partial charge in [-0.15, -0.1) is 15.3 Å². The minimum atomic E-state index is -1.21. The van der Waals surface area contributed by atoms with E-state index in [4.69, 9.17) is 5.11 Å². The Labute approximate surface area is 146 Å². The fourth-order valence-corrected chi connectivity index (χ4v) is 2.07. The number of pyridine rings is 1. The van der Waals surface area contributed by atoms with E-state index in [1.807, 2.05) is 25.1 Å². The van der Waals surface area contributed by atoms with Gasteiger partial charge in [0.25, 0.3) is 5.95 Å². The summed E-state index contributed by atoms with van der Waals surface area (Å²) in [6, 6.07) is 7.46. The third-order valence-corrected chi connectivity index (χ3v) is 3.04. The number of carbonyl (C=O) groups is 1. The van der Waals surface area contributed by atoms with E-state index in [1.54, 1.807) is 12.3 Å². The zero-order valence-corrected chi connectivity index (χ0v) is 13.5. The quantitative estimate of drug-likeness (QED) is 0.468. The van der Waals surface area contributed by atoms with Gasteiger partial charge < -0.3 is 10.4 Å². The van der Waals surface area contributed by atoms with Crippen molar-refractivity contribution in [2.24, 2.45) is 10.2 Å². The molecule has 0 saturated heterocycles. The minimum absolute atomic E-state index is 0. The van der Waals surface area contributed by atoms with Crippen LogP contribution in [-0.4, -0.2) is 37.8 Å². The number of fused-ring (bicyclic) bond motifs is 1. The van der Waals surface area contributed by atoms with Crippen LogP contribution in [0.25, 0.3) is 10.9 Å². The van der Waals surface area contributed by atoms with Gasteiger partial charge in [0, 0.05) is 40.3 Å². The molecule has 9 nitrogen and oxygen atoms in total. The maximum Gasteiger partial charge on any atom is 0.373 e. The van der Waals surface area contributed by atoms with Crippen LogP contribution in [0, 0.1) is 0 Å². The summed E-state index contributed by atoms with van der Waals surface area (Å²) >= 11 is 0. The van der Waals surface area contributed by atoms with E-state index in [-0.39, 0.29) is 28.3 Å². The van der Waals surface area contributed by atoms with Crippen molar-refractivity contribution >= 4 is 34.2 Å². The van der Waals surface area contributed by atoms with E-state index in [0.717, 1.165) is 17.6 Å². The standard InChI is InChI=1S/C14H13N7O2.Ni/c1-2-15-9-5-6-10(11-8(9)4-3-7-16-11)18-20-14-17-12(13(22)23)19-21-14;/h3-7,15H,2H2,1H3,(H,22,23)(H,17,19,21);. The van der Waals surface area contributed by atoms with Crippen molar-refractivity contribution in [3.63, 3.8) is 0 Å². The van der Waals surface area contributed by atoms with Crippen LogP contribution in [0.2, 0.25) is 0 Å². The van der Waals surface area contributed by atoms with Gasteiger partial charge in [0.2, 0.25) is 5.82 Å². The van der Waals surface area contributed by atoms with Crippen molar-refractivity contribution in [2.75, 3.05) is 11.9 Å². The largest absolute Gasteiger partial charge is 0.475 e. The molecule has 24 heavy (non-hydrogen) atoms. The van der Waals surface area contributed by atoms with Crippen molar-refractivity contribution in [3.8, 4) is 0 Å².